The van der Waals surface area contributed by atoms with Crippen LogP contribution in [-0.4, -0.2) is 21.8 Å². The fourth-order valence-corrected chi connectivity index (χ4v) is 1.45. The summed E-state index contributed by atoms with van der Waals surface area (Å²) in [5, 5.41) is 17.8. The van der Waals surface area contributed by atoms with E-state index in [1.807, 2.05) is 13.8 Å². The van der Waals surface area contributed by atoms with Crippen molar-refractivity contribution in [2.24, 2.45) is 11.8 Å². The Balaban J connectivity index is 2.44. The molecular weight excluding hydrogens is 144 g/mol. The van der Waals surface area contributed by atoms with Gasteiger partial charge in [0.05, 0.1) is 0 Å². The number of rotatable bonds is 2. The van der Waals surface area contributed by atoms with Crippen molar-refractivity contribution < 1.29 is 15.0 Å². The van der Waals surface area contributed by atoms with Gasteiger partial charge in [-0.1, -0.05) is 13.8 Å². The van der Waals surface area contributed by atoms with Gasteiger partial charge in [0.25, 0.3) is 0 Å². The molecule has 2 N–H and O–H groups in total. The largest absolute Gasteiger partial charge is 0.479 e. The third-order valence-corrected chi connectivity index (χ3v) is 2.54. The van der Waals surface area contributed by atoms with Crippen molar-refractivity contribution >= 4 is 5.97 Å². The minimum absolute atomic E-state index is 0.385. The molecule has 0 heterocycles. The normalized spacial score (nSPS) is 36.9. The van der Waals surface area contributed by atoms with Crippen LogP contribution in [0.4, 0.5) is 0 Å². The number of hydrogen-bond acceptors (Lipinski definition) is 2. The van der Waals surface area contributed by atoms with E-state index in [0.29, 0.717) is 24.7 Å². The maximum atomic E-state index is 10.4. The molecule has 1 rings (SSSR count). The van der Waals surface area contributed by atoms with Crippen molar-refractivity contribution in [3.8, 4) is 0 Å². The molecule has 0 saturated heterocycles. The van der Waals surface area contributed by atoms with Gasteiger partial charge in [-0.05, 0) is 24.7 Å². The summed E-state index contributed by atoms with van der Waals surface area (Å²) in [7, 11) is 0. The molecule has 1 aliphatic carbocycles. The lowest BCUT2D eigenvalue weighted by Gasteiger charge is -2.42. The summed E-state index contributed by atoms with van der Waals surface area (Å²) < 4.78 is 0. The van der Waals surface area contributed by atoms with Crippen LogP contribution in [0.2, 0.25) is 0 Å². The molecule has 0 amide bonds. The summed E-state index contributed by atoms with van der Waals surface area (Å²) >= 11 is 0. The highest BCUT2D eigenvalue weighted by Crippen LogP contribution is 2.42. The quantitative estimate of drug-likeness (QED) is 0.627. The number of hydrogen-bond donors (Lipinski definition) is 2. The van der Waals surface area contributed by atoms with E-state index in [1.165, 1.54) is 0 Å². The highest BCUT2D eigenvalue weighted by Gasteiger charge is 2.49. The van der Waals surface area contributed by atoms with Gasteiger partial charge in [-0.3, -0.25) is 0 Å². The van der Waals surface area contributed by atoms with E-state index < -0.39 is 11.6 Å². The van der Waals surface area contributed by atoms with Crippen molar-refractivity contribution in [1.29, 1.82) is 0 Å². The van der Waals surface area contributed by atoms with Gasteiger partial charge in [-0.2, -0.15) is 0 Å². The average molecular weight is 158 g/mol. The Labute approximate surface area is 66.0 Å². The number of carboxylic acid groups (broad SMARTS) is 1. The molecule has 64 valence electrons. The molecule has 1 fully saturated rings. The highest BCUT2D eigenvalue weighted by molar-refractivity contribution is 5.78. The van der Waals surface area contributed by atoms with Crippen LogP contribution in [0.5, 0.6) is 0 Å². The molecule has 3 heteroatoms. The van der Waals surface area contributed by atoms with E-state index in [2.05, 4.69) is 0 Å². The van der Waals surface area contributed by atoms with Gasteiger partial charge in [-0.25, -0.2) is 4.79 Å². The molecule has 0 spiro atoms. The van der Waals surface area contributed by atoms with Crippen LogP contribution < -0.4 is 0 Å². The van der Waals surface area contributed by atoms with Crippen LogP contribution in [0.3, 0.4) is 0 Å². The Morgan fingerprint density at radius 3 is 2.27 bits per heavy atom. The van der Waals surface area contributed by atoms with Crippen molar-refractivity contribution in [1.82, 2.24) is 0 Å². The molecule has 0 aliphatic heterocycles. The van der Waals surface area contributed by atoms with Crippen LogP contribution in [0.1, 0.15) is 26.7 Å². The molecule has 0 bridgehead atoms. The van der Waals surface area contributed by atoms with Crippen molar-refractivity contribution in [2.75, 3.05) is 0 Å². The van der Waals surface area contributed by atoms with Crippen LogP contribution in [0.25, 0.3) is 0 Å². The smallest absolute Gasteiger partial charge is 0.335 e. The van der Waals surface area contributed by atoms with Gasteiger partial charge in [-0.15, -0.1) is 0 Å². The third kappa shape index (κ3) is 1.38. The molecule has 0 atom stereocenters. The van der Waals surface area contributed by atoms with E-state index in [-0.39, 0.29) is 0 Å². The highest BCUT2D eigenvalue weighted by atomic mass is 16.4. The fraction of sp³-hybridized carbons (Fsp3) is 0.875. The van der Waals surface area contributed by atoms with Gasteiger partial charge in [0.1, 0.15) is 0 Å². The van der Waals surface area contributed by atoms with E-state index >= 15 is 0 Å². The topological polar surface area (TPSA) is 57.5 Å². The fourth-order valence-electron chi connectivity index (χ4n) is 1.45. The first-order valence-corrected chi connectivity index (χ1v) is 3.91. The molecule has 0 aromatic rings. The molecule has 0 aromatic heterocycles. The zero-order chi connectivity index (χ0) is 8.65. The minimum atomic E-state index is -1.41. The lowest BCUT2D eigenvalue weighted by Crippen LogP contribution is -2.51. The molecular formula is C8H14O3. The Morgan fingerprint density at radius 1 is 1.55 bits per heavy atom. The van der Waals surface area contributed by atoms with E-state index in [0.717, 1.165) is 0 Å². The predicted octanol–water partition coefficient (Wildman–Crippen LogP) is 0.868. The second kappa shape index (κ2) is 2.48. The van der Waals surface area contributed by atoms with Gasteiger partial charge < -0.3 is 10.2 Å². The Hall–Kier alpha value is -0.570. The Bertz CT molecular complexity index is 168. The second-order valence-electron chi connectivity index (χ2n) is 3.75. The molecule has 1 saturated carbocycles. The van der Waals surface area contributed by atoms with Crippen molar-refractivity contribution in [3.63, 3.8) is 0 Å². The minimum Gasteiger partial charge on any atom is -0.479 e. The standard InChI is InChI=1S/C8H14O3/c1-5(2)6-3-8(11,4-6)7(9)10/h5-6,11H,3-4H2,1-2H3,(H,9,10). The van der Waals surface area contributed by atoms with Gasteiger partial charge >= 0.3 is 5.97 Å². The summed E-state index contributed by atoms with van der Waals surface area (Å²) in [4.78, 5) is 10.4. The van der Waals surface area contributed by atoms with Crippen LogP contribution >= 0.6 is 0 Å². The molecule has 11 heavy (non-hydrogen) atoms. The second-order valence-corrected chi connectivity index (χ2v) is 3.75. The van der Waals surface area contributed by atoms with E-state index in [9.17, 15) is 9.90 Å². The summed E-state index contributed by atoms with van der Waals surface area (Å²) in [6.07, 6.45) is 0.833. The predicted molar refractivity (Wildman–Crippen MR) is 40.1 cm³/mol. The molecule has 0 unspecified atom stereocenters. The van der Waals surface area contributed by atoms with Crippen molar-refractivity contribution in [2.45, 2.75) is 32.3 Å². The molecule has 3 nitrogen and oxygen atoms in total. The zero-order valence-electron chi connectivity index (χ0n) is 6.87. The van der Waals surface area contributed by atoms with E-state index in [1.54, 1.807) is 0 Å². The average Bonchev–Trinajstić information content (AvgIpc) is 1.79. The van der Waals surface area contributed by atoms with Gasteiger partial charge in [0.2, 0.25) is 0 Å². The first kappa shape index (κ1) is 8.53. The zero-order valence-corrected chi connectivity index (χ0v) is 6.87. The Morgan fingerprint density at radius 2 is 2.00 bits per heavy atom. The third-order valence-electron chi connectivity index (χ3n) is 2.54. The Kier molecular flexibility index (Phi) is 1.92. The van der Waals surface area contributed by atoms with Gasteiger partial charge in [0.15, 0.2) is 5.60 Å². The first-order chi connectivity index (χ1) is 4.96. The lowest BCUT2D eigenvalue weighted by atomic mass is 9.66. The maximum Gasteiger partial charge on any atom is 0.335 e. The lowest BCUT2D eigenvalue weighted by molar-refractivity contribution is -0.176. The SMILES string of the molecule is CC(C)C1CC(O)(C(=O)O)C1. The summed E-state index contributed by atoms with van der Waals surface area (Å²) in [6.45, 7) is 4.10. The number of aliphatic carboxylic acids is 1. The summed E-state index contributed by atoms with van der Waals surface area (Å²) in [6, 6.07) is 0. The summed E-state index contributed by atoms with van der Waals surface area (Å²) in [5.74, 6) is -0.208. The molecule has 0 aromatic carbocycles. The number of carbonyl (C=O) groups is 1. The first-order valence-electron chi connectivity index (χ1n) is 3.91. The van der Waals surface area contributed by atoms with E-state index in [4.69, 9.17) is 5.11 Å². The summed E-state index contributed by atoms with van der Waals surface area (Å²) in [5.41, 5.74) is -1.41. The van der Waals surface area contributed by atoms with Crippen LogP contribution in [-0.2, 0) is 4.79 Å². The maximum absolute atomic E-state index is 10.4. The van der Waals surface area contributed by atoms with Crippen molar-refractivity contribution in [3.05, 3.63) is 0 Å². The van der Waals surface area contributed by atoms with Crippen LogP contribution in [0, 0.1) is 11.8 Å². The number of aliphatic hydroxyl groups is 1. The monoisotopic (exact) mass is 158 g/mol. The van der Waals surface area contributed by atoms with Gasteiger partial charge in [0, 0.05) is 0 Å². The number of carboxylic acids is 1. The molecule has 0 radical (unpaired) electrons. The molecule has 1 aliphatic rings. The van der Waals surface area contributed by atoms with Crippen LogP contribution in [0.15, 0.2) is 0 Å².